The minimum atomic E-state index is 0.580. The van der Waals surface area contributed by atoms with E-state index in [1.165, 1.54) is 31.4 Å². The first-order valence-electron chi connectivity index (χ1n) is 12.1. The molecule has 5 rings (SSSR count). The van der Waals surface area contributed by atoms with Gasteiger partial charge in [0.1, 0.15) is 13.2 Å². The molecule has 5 heteroatoms. The van der Waals surface area contributed by atoms with Gasteiger partial charge in [0.25, 0.3) is 0 Å². The summed E-state index contributed by atoms with van der Waals surface area (Å²) in [6.45, 7) is 7.73. The van der Waals surface area contributed by atoms with E-state index in [0.717, 1.165) is 51.0 Å². The highest BCUT2D eigenvalue weighted by atomic mass is 35.5. The van der Waals surface area contributed by atoms with Crippen molar-refractivity contribution in [2.45, 2.75) is 45.7 Å². The molecule has 1 aromatic heterocycles. The summed E-state index contributed by atoms with van der Waals surface area (Å²) in [7, 11) is 0. The number of hydrogen-bond acceptors (Lipinski definition) is 4. The average Bonchev–Trinajstić information content (AvgIpc) is 2.85. The smallest absolute Gasteiger partial charge is 0.161 e. The molecule has 0 radical (unpaired) electrons. The zero-order valence-electron chi connectivity index (χ0n) is 19.9. The number of likely N-dealkylation sites (tertiary alicyclic amines) is 1. The van der Waals surface area contributed by atoms with Crippen LogP contribution in [-0.2, 0) is 6.54 Å². The second kappa shape index (κ2) is 10.2. The van der Waals surface area contributed by atoms with Crippen molar-refractivity contribution >= 4 is 23.8 Å². The van der Waals surface area contributed by atoms with Crippen LogP contribution in [0.5, 0.6) is 11.5 Å². The monoisotopic (exact) mass is 474 g/mol. The van der Waals surface area contributed by atoms with Crippen molar-refractivity contribution in [1.82, 2.24) is 9.88 Å². The van der Waals surface area contributed by atoms with Gasteiger partial charge in [-0.3, -0.25) is 9.88 Å². The van der Waals surface area contributed by atoms with Crippen molar-refractivity contribution in [3.05, 3.63) is 76.1 Å². The van der Waals surface area contributed by atoms with Crippen molar-refractivity contribution in [3.8, 4) is 22.6 Å². The second-order valence-corrected chi connectivity index (χ2v) is 9.64. The van der Waals surface area contributed by atoms with Gasteiger partial charge in [-0.2, -0.15) is 0 Å². The molecule has 2 aromatic carbocycles. The number of nitrogens with zero attached hydrogens (tertiary/aromatic N) is 2. The van der Waals surface area contributed by atoms with Crippen LogP contribution < -0.4 is 9.47 Å². The van der Waals surface area contributed by atoms with Crippen LogP contribution in [0.15, 0.2) is 48.7 Å². The summed E-state index contributed by atoms with van der Waals surface area (Å²) in [6.07, 6.45) is 9.86. The zero-order valence-corrected chi connectivity index (χ0v) is 20.6. The molecule has 34 heavy (non-hydrogen) atoms. The first kappa shape index (κ1) is 22.9. The number of ether oxygens (including phenoxy) is 2. The van der Waals surface area contributed by atoms with E-state index in [1.807, 2.05) is 30.5 Å². The van der Waals surface area contributed by atoms with E-state index >= 15 is 0 Å². The van der Waals surface area contributed by atoms with Gasteiger partial charge in [0.2, 0.25) is 0 Å². The summed E-state index contributed by atoms with van der Waals surface area (Å²) < 4.78 is 11.4. The molecule has 0 N–H and O–H groups in total. The van der Waals surface area contributed by atoms with E-state index < -0.39 is 0 Å². The molecule has 1 fully saturated rings. The van der Waals surface area contributed by atoms with Crippen molar-refractivity contribution in [3.63, 3.8) is 0 Å². The van der Waals surface area contributed by atoms with Crippen molar-refractivity contribution < 1.29 is 9.47 Å². The lowest BCUT2D eigenvalue weighted by atomic mass is 9.99. The standard InChI is InChI=1S/C29H31ClN2O2/c1-20-5-3-4-14-32(20)19-22-6-7-23(26(30)17-22)8-10-27-21(2)25(12-13-31-27)24-9-11-28-29(18-24)34-16-15-33-28/h6-13,17-18,20H,3-5,14-16,19H2,1-2H3/b10-8+/t20-/m1/s1. The normalized spacial score (nSPS) is 18.4. The SMILES string of the molecule is Cc1c(-c2ccc3c(c2)OCCO3)ccnc1/C=C/c1ccc(CN2CCCC[C@H]2C)cc1Cl. The molecule has 176 valence electrons. The highest BCUT2D eigenvalue weighted by Crippen LogP contribution is 2.36. The van der Waals surface area contributed by atoms with Gasteiger partial charge in [0.15, 0.2) is 11.5 Å². The fourth-order valence-electron chi connectivity index (χ4n) is 4.84. The maximum absolute atomic E-state index is 6.67. The van der Waals surface area contributed by atoms with Crippen LogP contribution in [0.4, 0.5) is 0 Å². The largest absolute Gasteiger partial charge is 0.486 e. The first-order chi connectivity index (χ1) is 16.6. The molecule has 0 saturated carbocycles. The average molecular weight is 475 g/mol. The molecule has 1 atom stereocenters. The first-order valence-corrected chi connectivity index (χ1v) is 12.5. The number of rotatable bonds is 5. The predicted molar refractivity (Wildman–Crippen MR) is 140 cm³/mol. The minimum Gasteiger partial charge on any atom is -0.486 e. The van der Waals surface area contributed by atoms with E-state index in [4.69, 9.17) is 21.1 Å². The Bertz CT molecular complexity index is 1210. The Hall–Kier alpha value is -2.82. The highest BCUT2D eigenvalue weighted by Gasteiger charge is 2.18. The topological polar surface area (TPSA) is 34.6 Å². The number of pyridine rings is 1. The Labute approximate surface area is 207 Å². The van der Waals surface area contributed by atoms with Crippen LogP contribution in [0, 0.1) is 6.92 Å². The molecule has 3 heterocycles. The molecule has 0 unspecified atom stereocenters. The Morgan fingerprint density at radius 2 is 1.88 bits per heavy atom. The van der Waals surface area contributed by atoms with Crippen LogP contribution in [0.2, 0.25) is 5.02 Å². The lowest BCUT2D eigenvalue weighted by molar-refractivity contribution is 0.152. The summed E-state index contributed by atoms with van der Waals surface area (Å²) in [5, 5.41) is 0.777. The molecular formula is C29H31ClN2O2. The number of halogens is 1. The summed E-state index contributed by atoms with van der Waals surface area (Å²) in [4.78, 5) is 7.16. The third-order valence-corrected chi connectivity index (χ3v) is 7.24. The third-order valence-electron chi connectivity index (χ3n) is 6.91. The van der Waals surface area contributed by atoms with Gasteiger partial charge >= 0.3 is 0 Å². The quantitative estimate of drug-likeness (QED) is 0.397. The molecule has 4 nitrogen and oxygen atoms in total. The van der Waals surface area contributed by atoms with Crippen LogP contribution >= 0.6 is 11.6 Å². The van der Waals surface area contributed by atoms with Gasteiger partial charge in [0, 0.05) is 23.8 Å². The Balaban J connectivity index is 1.34. The van der Waals surface area contributed by atoms with E-state index in [9.17, 15) is 0 Å². The van der Waals surface area contributed by atoms with Crippen LogP contribution in [0.3, 0.4) is 0 Å². The van der Waals surface area contributed by atoms with E-state index in [-0.39, 0.29) is 0 Å². The summed E-state index contributed by atoms with van der Waals surface area (Å²) in [6, 6.07) is 15.2. The fraction of sp³-hybridized carbons (Fsp3) is 0.345. The molecule has 0 bridgehead atoms. The van der Waals surface area contributed by atoms with Crippen molar-refractivity contribution in [2.75, 3.05) is 19.8 Å². The van der Waals surface area contributed by atoms with Gasteiger partial charge in [-0.05, 0) is 91.4 Å². The maximum atomic E-state index is 6.67. The second-order valence-electron chi connectivity index (χ2n) is 9.23. The van der Waals surface area contributed by atoms with Gasteiger partial charge in [-0.1, -0.05) is 42.3 Å². The minimum absolute atomic E-state index is 0.580. The molecular weight excluding hydrogens is 444 g/mol. The Kier molecular flexibility index (Phi) is 6.89. The van der Waals surface area contributed by atoms with Gasteiger partial charge in [-0.15, -0.1) is 0 Å². The summed E-state index contributed by atoms with van der Waals surface area (Å²) >= 11 is 6.67. The number of fused-ring (bicyclic) bond motifs is 1. The van der Waals surface area contributed by atoms with Crippen LogP contribution in [0.1, 0.15) is 48.6 Å². The number of hydrogen-bond donors (Lipinski definition) is 0. The van der Waals surface area contributed by atoms with Crippen LogP contribution in [-0.4, -0.2) is 35.7 Å². The fourth-order valence-corrected chi connectivity index (χ4v) is 5.11. The van der Waals surface area contributed by atoms with E-state index in [0.29, 0.717) is 19.3 Å². The van der Waals surface area contributed by atoms with Gasteiger partial charge < -0.3 is 9.47 Å². The lowest BCUT2D eigenvalue weighted by Crippen LogP contribution is -2.36. The highest BCUT2D eigenvalue weighted by molar-refractivity contribution is 6.32. The predicted octanol–water partition coefficient (Wildman–Crippen LogP) is 7.03. The third kappa shape index (κ3) is 4.98. The number of piperidine rings is 1. The molecule has 0 aliphatic carbocycles. The van der Waals surface area contributed by atoms with Crippen molar-refractivity contribution in [1.29, 1.82) is 0 Å². The molecule has 0 amide bonds. The molecule has 2 aliphatic rings. The van der Waals surface area contributed by atoms with E-state index in [1.54, 1.807) is 0 Å². The number of aromatic nitrogens is 1. The molecule has 2 aliphatic heterocycles. The molecule has 3 aromatic rings. The summed E-state index contributed by atoms with van der Waals surface area (Å²) in [5.41, 5.74) is 6.53. The van der Waals surface area contributed by atoms with Crippen molar-refractivity contribution in [2.24, 2.45) is 0 Å². The van der Waals surface area contributed by atoms with Gasteiger partial charge in [0.05, 0.1) is 5.69 Å². The summed E-state index contributed by atoms with van der Waals surface area (Å²) in [5.74, 6) is 1.59. The molecule has 0 spiro atoms. The molecule has 1 saturated heterocycles. The zero-order chi connectivity index (χ0) is 23.5. The Morgan fingerprint density at radius 1 is 1.03 bits per heavy atom. The lowest BCUT2D eigenvalue weighted by Gasteiger charge is -2.33. The number of benzene rings is 2. The maximum Gasteiger partial charge on any atom is 0.161 e. The van der Waals surface area contributed by atoms with Gasteiger partial charge in [-0.25, -0.2) is 0 Å². The Morgan fingerprint density at radius 3 is 2.71 bits per heavy atom. The van der Waals surface area contributed by atoms with Crippen LogP contribution in [0.25, 0.3) is 23.3 Å². The van der Waals surface area contributed by atoms with E-state index in [2.05, 4.69) is 54.1 Å².